The number of carbonyl (C=O) groups excluding carboxylic acids is 1. The number of carbonyl (C=O) groups is 1. The summed E-state index contributed by atoms with van der Waals surface area (Å²) in [6, 6.07) is 9.96. The van der Waals surface area contributed by atoms with Crippen LogP contribution in [-0.4, -0.2) is 40.6 Å². The number of benzene rings is 1. The van der Waals surface area contributed by atoms with Crippen molar-refractivity contribution in [1.29, 1.82) is 0 Å². The number of hydrogen-bond donors (Lipinski definition) is 2. The van der Waals surface area contributed by atoms with Gasteiger partial charge in [0.15, 0.2) is 0 Å². The van der Waals surface area contributed by atoms with E-state index in [0.29, 0.717) is 12.2 Å². The molecule has 0 spiro atoms. The standard InChI is InChI=1S/C17H23N3O3/c1-17(22,15-10-19-20(2)11-15)13-18-16(21)12-23-9-8-14-6-4-3-5-7-14/h3-7,10-11,22H,8-9,12-13H2,1-2H3,(H,18,21). The molecule has 1 heterocycles. The van der Waals surface area contributed by atoms with Gasteiger partial charge in [-0.1, -0.05) is 30.3 Å². The summed E-state index contributed by atoms with van der Waals surface area (Å²) in [6.07, 6.45) is 4.08. The number of amides is 1. The molecule has 1 unspecified atom stereocenters. The Morgan fingerprint density at radius 3 is 2.78 bits per heavy atom. The first-order chi connectivity index (χ1) is 11.0. The van der Waals surface area contributed by atoms with Crippen molar-refractivity contribution >= 4 is 5.91 Å². The molecule has 0 saturated heterocycles. The van der Waals surface area contributed by atoms with Gasteiger partial charge in [0.25, 0.3) is 0 Å². The van der Waals surface area contributed by atoms with Crippen LogP contribution in [0.25, 0.3) is 0 Å². The van der Waals surface area contributed by atoms with Crippen molar-refractivity contribution in [3.63, 3.8) is 0 Å². The molecule has 1 atom stereocenters. The minimum atomic E-state index is -1.16. The first-order valence-corrected chi connectivity index (χ1v) is 7.57. The van der Waals surface area contributed by atoms with Crippen LogP contribution in [0.5, 0.6) is 0 Å². The van der Waals surface area contributed by atoms with E-state index >= 15 is 0 Å². The van der Waals surface area contributed by atoms with Crippen LogP contribution >= 0.6 is 0 Å². The van der Waals surface area contributed by atoms with Gasteiger partial charge in [-0.15, -0.1) is 0 Å². The van der Waals surface area contributed by atoms with E-state index in [4.69, 9.17) is 4.74 Å². The van der Waals surface area contributed by atoms with Crippen LogP contribution in [0.1, 0.15) is 18.1 Å². The molecule has 0 radical (unpaired) electrons. The SMILES string of the molecule is Cn1cc(C(C)(O)CNC(=O)COCCc2ccccc2)cn1. The molecule has 0 aliphatic heterocycles. The zero-order valence-corrected chi connectivity index (χ0v) is 13.5. The average molecular weight is 317 g/mol. The summed E-state index contributed by atoms with van der Waals surface area (Å²) in [5, 5.41) is 17.1. The largest absolute Gasteiger partial charge is 0.383 e. The Hall–Kier alpha value is -2.18. The normalized spacial score (nSPS) is 13.5. The van der Waals surface area contributed by atoms with Crippen molar-refractivity contribution in [3.05, 3.63) is 53.9 Å². The molecule has 0 fully saturated rings. The summed E-state index contributed by atoms with van der Waals surface area (Å²) < 4.78 is 6.97. The van der Waals surface area contributed by atoms with Crippen molar-refractivity contribution in [2.45, 2.75) is 18.9 Å². The van der Waals surface area contributed by atoms with Gasteiger partial charge >= 0.3 is 0 Å². The van der Waals surface area contributed by atoms with E-state index in [2.05, 4.69) is 10.4 Å². The summed E-state index contributed by atoms with van der Waals surface area (Å²) in [6.45, 7) is 2.21. The zero-order valence-electron chi connectivity index (χ0n) is 13.5. The lowest BCUT2D eigenvalue weighted by molar-refractivity contribution is -0.126. The molecular weight excluding hydrogens is 294 g/mol. The molecule has 6 nitrogen and oxygen atoms in total. The molecule has 6 heteroatoms. The molecule has 23 heavy (non-hydrogen) atoms. The highest BCUT2D eigenvalue weighted by molar-refractivity contribution is 5.77. The molecule has 1 aromatic heterocycles. The highest BCUT2D eigenvalue weighted by Crippen LogP contribution is 2.18. The van der Waals surface area contributed by atoms with Gasteiger partial charge in [-0.25, -0.2) is 0 Å². The molecule has 2 N–H and O–H groups in total. The second-order valence-electron chi connectivity index (χ2n) is 5.74. The topological polar surface area (TPSA) is 76.4 Å². The van der Waals surface area contributed by atoms with E-state index in [1.807, 2.05) is 30.3 Å². The average Bonchev–Trinajstić information content (AvgIpc) is 2.98. The lowest BCUT2D eigenvalue weighted by Gasteiger charge is -2.22. The number of rotatable bonds is 8. The van der Waals surface area contributed by atoms with Gasteiger partial charge in [-0.05, 0) is 18.9 Å². The highest BCUT2D eigenvalue weighted by Gasteiger charge is 2.25. The van der Waals surface area contributed by atoms with Crippen molar-refractivity contribution in [3.8, 4) is 0 Å². The summed E-state index contributed by atoms with van der Waals surface area (Å²) in [5.74, 6) is -0.248. The first kappa shape index (κ1) is 17.2. The van der Waals surface area contributed by atoms with Crippen LogP contribution in [-0.2, 0) is 28.6 Å². The van der Waals surface area contributed by atoms with E-state index in [9.17, 15) is 9.90 Å². The lowest BCUT2D eigenvalue weighted by Crippen LogP contribution is -2.40. The maximum atomic E-state index is 11.8. The van der Waals surface area contributed by atoms with Crippen LogP contribution < -0.4 is 5.32 Å². The van der Waals surface area contributed by atoms with Crippen LogP contribution in [0, 0.1) is 0 Å². The molecule has 2 aromatic rings. The number of aromatic nitrogens is 2. The quantitative estimate of drug-likeness (QED) is 0.712. The predicted molar refractivity (Wildman–Crippen MR) is 86.8 cm³/mol. The van der Waals surface area contributed by atoms with Crippen LogP contribution in [0.4, 0.5) is 0 Å². The van der Waals surface area contributed by atoms with Crippen molar-refractivity contribution in [2.24, 2.45) is 7.05 Å². The molecule has 0 aliphatic rings. The van der Waals surface area contributed by atoms with Crippen LogP contribution in [0.15, 0.2) is 42.7 Å². The highest BCUT2D eigenvalue weighted by atomic mass is 16.5. The summed E-state index contributed by atoms with van der Waals surface area (Å²) in [4.78, 5) is 11.8. The van der Waals surface area contributed by atoms with E-state index in [-0.39, 0.29) is 19.1 Å². The number of nitrogens with one attached hydrogen (secondary N) is 1. The molecule has 0 saturated carbocycles. The second kappa shape index (κ2) is 7.89. The fourth-order valence-electron chi connectivity index (χ4n) is 2.12. The van der Waals surface area contributed by atoms with Gasteiger partial charge in [-0.3, -0.25) is 9.48 Å². The molecule has 1 aromatic carbocycles. The van der Waals surface area contributed by atoms with Crippen LogP contribution in [0.3, 0.4) is 0 Å². The number of aliphatic hydroxyl groups is 1. The summed E-state index contributed by atoms with van der Waals surface area (Å²) >= 11 is 0. The Morgan fingerprint density at radius 2 is 2.13 bits per heavy atom. The van der Waals surface area contributed by atoms with Crippen molar-refractivity contribution in [1.82, 2.24) is 15.1 Å². The third kappa shape index (κ3) is 5.50. The summed E-state index contributed by atoms with van der Waals surface area (Å²) in [5.41, 5.74) is 0.672. The Balaban J connectivity index is 1.67. The smallest absolute Gasteiger partial charge is 0.246 e. The first-order valence-electron chi connectivity index (χ1n) is 7.57. The molecule has 2 rings (SSSR count). The van der Waals surface area contributed by atoms with E-state index in [0.717, 1.165) is 6.42 Å². The lowest BCUT2D eigenvalue weighted by atomic mass is 10.00. The summed E-state index contributed by atoms with van der Waals surface area (Å²) in [7, 11) is 1.78. The number of hydrogen-bond acceptors (Lipinski definition) is 4. The predicted octanol–water partition coefficient (Wildman–Crippen LogP) is 1.00. The Kier molecular flexibility index (Phi) is 5.90. The van der Waals surface area contributed by atoms with E-state index in [1.54, 1.807) is 31.0 Å². The zero-order chi connectivity index (χ0) is 16.7. The van der Waals surface area contributed by atoms with Gasteiger partial charge in [0.2, 0.25) is 5.91 Å². The Labute approximate surface area is 136 Å². The maximum absolute atomic E-state index is 11.8. The van der Waals surface area contributed by atoms with Crippen molar-refractivity contribution < 1.29 is 14.6 Å². The number of ether oxygens (including phenoxy) is 1. The van der Waals surface area contributed by atoms with Crippen LogP contribution in [0.2, 0.25) is 0 Å². The van der Waals surface area contributed by atoms with Gasteiger partial charge in [0.05, 0.1) is 19.3 Å². The van der Waals surface area contributed by atoms with E-state index in [1.165, 1.54) is 5.56 Å². The maximum Gasteiger partial charge on any atom is 0.246 e. The fourth-order valence-corrected chi connectivity index (χ4v) is 2.12. The number of aryl methyl sites for hydroxylation is 1. The third-order valence-electron chi connectivity index (χ3n) is 3.57. The third-order valence-corrected chi connectivity index (χ3v) is 3.57. The molecule has 0 aliphatic carbocycles. The Morgan fingerprint density at radius 1 is 1.39 bits per heavy atom. The van der Waals surface area contributed by atoms with Crippen molar-refractivity contribution in [2.75, 3.05) is 19.8 Å². The molecular formula is C17H23N3O3. The fraction of sp³-hybridized carbons (Fsp3) is 0.412. The minimum Gasteiger partial charge on any atom is -0.383 e. The van der Waals surface area contributed by atoms with Gasteiger partial charge in [-0.2, -0.15) is 5.10 Å². The monoisotopic (exact) mass is 317 g/mol. The number of nitrogens with zero attached hydrogens (tertiary/aromatic N) is 2. The molecule has 1 amide bonds. The van der Waals surface area contributed by atoms with Gasteiger partial charge in [0, 0.05) is 18.8 Å². The molecule has 0 bridgehead atoms. The van der Waals surface area contributed by atoms with E-state index < -0.39 is 5.60 Å². The molecule has 124 valence electrons. The Bertz CT molecular complexity index is 623. The minimum absolute atomic E-state index is 0.0179. The van der Waals surface area contributed by atoms with Gasteiger partial charge < -0.3 is 15.2 Å². The second-order valence-corrected chi connectivity index (χ2v) is 5.74. The van der Waals surface area contributed by atoms with Gasteiger partial charge in [0.1, 0.15) is 12.2 Å².